The van der Waals surface area contributed by atoms with Gasteiger partial charge in [0.2, 0.25) is 5.91 Å². The van der Waals surface area contributed by atoms with Crippen molar-refractivity contribution in [3.63, 3.8) is 0 Å². The Hall–Kier alpha value is -1.61. The number of amides is 1. The Labute approximate surface area is 140 Å². The van der Waals surface area contributed by atoms with Crippen molar-refractivity contribution in [1.82, 2.24) is 5.32 Å². The lowest BCUT2D eigenvalue weighted by atomic mass is 10.1. The zero-order valence-electron chi connectivity index (χ0n) is 12.6. The van der Waals surface area contributed by atoms with Crippen LogP contribution in [0.15, 0.2) is 46.9 Å². The molecule has 0 saturated carbocycles. The van der Waals surface area contributed by atoms with E-state index in [1.54, 1.807) is 0 Å². The predicted molar refractivity (Wildman–Crippen MR) is 92.8 cm³/mol. The minimum atomic E-state index is 0.108. The van der Waals surface area contributed by atoms with Gasteiger partial charge < -0.3 is 5.32 Å². The number of hydrogen-bond acceptors (Lipinski definition) is 1. The molecule has 0 heterocycles. The fourth-order valence-corrected chi connectivity index (χ4v) is 3.46. The third-order valence-corrected chi connectivity index (χ3v) is 5.01. The van der Waals surface area contributed by atoms with E-state index in [4.69, 9.17) is 0 Å². The summed E-state index contributed by atoms with van der Waals surface area (Å²) in [5.74, 6) is 0.108. The van der Waals surface area contributed by atoms with Crippen LogP contribution >= 0.6 is 15.9 Å². The van der Waals surface area contributed by atoms with Gasteiger partial charge in [0.25, 0.3) is 0 Å². The first-order valence-electron chi connectivity index (χ1n) is 7.83. The minimum absolute atomic E-state index is 0.108. The van der Waals surface area contributed by atoms with Crippen molar-refractivity contribution in [2.75, 3.05) is 0 Å². The van der Waals surface area contributed by atoms with Crippen molar-refractivity contribution >= 4 is 21.8 Å². The molecule has 1 aliphatic rings. The van der Waals surface area contributed by atoms with Crippen LogP contribution in [0.1, 0.15) is 35.1 Å². The summed E-state index contributed by atoms with van der Waals surface area (Å²) in [5.41, 5.74) is 5.31. The van der Waals surface area contributed by atoms with Gasteiger partial charge in [0.05, 0.1) is 0 Å². The van der Waals surface area contributed by atoms with Gasteiger partial charge in [0.1, 0.15) is 0 Å². The highest BCUT2D eigenvalue weighted by Crippen LogP contribution is 2.22. The lowest BCUT2D eigenvalue weighted by Crippen LogP contribution is -2.23. The summed E-state index contributed by atoms with van der Waals surface area (Å²) in [6.07, 6.45) is 4.93. The van der Waals surface area contributed by atoms with Gasteiger partial charge in [0.15, 0.2) is 0 Å². The Bertz CT molecular complexity index is 681. The summed E-state index contributed by atoms with van der Waals surface area (Å²) in [4.78, 5) is 12.0. The molecule has 3 heteroatoms. The maximum Gasteiger partial charge on any atom is 0.220 e. The van der Waals surface area contributed by atoms with Crippen molar-refractivity contribution in [3.8, 4) is 0 Å². The molecule has 2 aromatic carbocycles. The molecule has 0 radical (unpaired) electrons. The van der Waals surface area contributed by atoms with Crippen LogP contribution in [-0.2, 0) is 30.6 Å². The number of carbonyl (C=O) groups is 1. The average molecular weight is 358 g/mol. The number of rotatable bonds is 5. The maximum absolute atomic E-state index is 12.0. The van der Waals surface area contributed by atoms with Crippen LogP contribution in [0, 0.1) is 0 Å². The van der Waals surface area contributed by atoms with E-state index in [9.17, 15) is 4.79 Å². The molecular weight excluding hydrogens is 338 g/mol. The van der Waals surface area contributed by atoms with Gasteiger partial charge in [-0.3, -0.25) is 4.79 Å². The van der Waals surface area contributed by atoms with E-state index >= 15 is 0 Å². The lowest BCUT2D eigenvalue weighted by molar-refractivity contribution is -0.121. The van der Waals surface area contributed by atoms with Crippen molar-refractivity contribution < 1.29 is 4.79 Å². The molecule has 0 spiro atoms. The largest absolute Gasteiger partial charge is 0.352 e. The van der Waals surface area contributed by atoms with Crippen LogP contribution in [0.5, 0.6) is 0 Å². The van der Waals surface area contributed by atoms with Crippen LogP contribution in [-0.4, -0.2) is 5.91 Å². The zero-order valence-corrected chi connectivity index (χ0v) is 14.2. The second-order valence-electron chi connectivity index (χ2n) is 5.82. The number of hydrogen-bond donors (Lipinski definition) is 1. The standard InChI is InChI=1S/C19H20BrNO/c20-18-7-2-1-4-16(18)10-11-19(22)21-13-14-8-9-15-5-3-6-17(15)12-14/h1-2,4,7-9,12H,3,5-6,10-11,13H2,(H,21,22). The summed E-state index contributed by atoms with van der Waals surface area (Å²) in [6, 6.07) is 14.7. The minimum Gasteiger partial charge on any atom is -0.352 e. The highest BCUT2D eigenvalue weighted by Gasteiger charge is 2.11. The van der Waals surface area contributed by atoms with E-state index < -0.39 is 0 Å². The number of nitrogens with one attached hydrogen (secondary N) is 1. The summed E-state index contributed by atoms with van der Waals surface area (Å²) >= 11 is 3.52. The van der Waals surface area contributed by atoms with Crippen molar-refractivity contribution in [3.05, 3.63) is 69.2 Å². The van der Waals surface area contributed by atoms with Crippen LogP contribution in [0.4, 0.5) is 0 Å². The second-order valence-corrected chi connectivity index (χ2v) is 6.68. The van der Waals surface area contributed by atoms with Gasteiger partial charge >= 0.3 is 0 Å². The predicted octanol–water partition coefficient (Wildman–Crippen LogP) is 4.19. The second kappa shape index (κ2) is 7.10. The molecule has 0 aromatic heterocycles. The highest BCUT2D eigenvalue weighted by molar-refractivity contribution is 9.10. The molecule has 0 fully saturated rings. The first kappa shape index (κ1) is 15.3. The van der Waals surface area contributed by atoms with E-state index in [1.165, 1.54) is 41.5 Å². The first-order valence-corrected chi connectivity index (χ1v) is 8.62. The van der Waals surface area contributed by atoms with Crippen molar-refractivity contribution in [1.29, 1.82) is 0 Å². The molecule has 1 aliphatic carbocycles. The molecule has 0 aliphatic heterocycles. The molecule has 0 bridgehead atoms. The molecule has 1 N–H and O–H groups in total. The first-order chi connectivity index (χ1) is 10.7. The third kappa shape index (κ3) is 3.77. The molecule has 1 amide bonds. The van der Waals surface area contributed by atoms with Crippen molar-refractivity contribution in [2.24, 2.45) is 0 Å². The van der Waals surface area contributed by atoms with Crippen molar-refractivity contribution in [2.45, 2.75) is 38.6 Å². The third-order valence-electron chi connectivity index (χ3n) is 4.23. The number of halogens is 1. The van der Waals surface area contributed by atoms with Gasteiger partial charge in [-0.25, -0.2) is 0 Å². The Balaban J connectivity index is 1.49. The number of carbonyl (C=O) groups excluding carboxylic acids is 1. The van der Waals surface area contributed by atoms with Gasteiger partial charge in [-0.2, -0.15) is 0 Å². The normalized spacial score (nSPS) is 13.0. The van der Waals surface area contributed by atoms with Gasteiger partial charge in [-0.1, -0.05) is 52.3 Å². The van der Waals surface area contributed by atoms with Gasteiger partial charge in [-0.05, 0) is 54.0 Å². The smallest absolute Gasteiger partial charge is 0.220 e. The highest BCUT2D eigenvalue weighted by atomic mass is 79.9. The maximum atomic E-state index is 12.0. The Morgan fingerprint density at radius 1 is 1.09 bits per heavy atom. The number of fused-ring (bicyclic) bond motifs is 1. The molecule has 22 heavy (non-hydrogen) atoms. The van der Waals surface area contributed by atoms with E-state index in [-0.39, 0.29) is 5.91 Å². The molecule has 114 valence electrons. The quantitative estimate of drug-likeness (QED) is 0.853. The number of aryl methyl sites for hydroxylation is 3. The summed E-state index contributed by atoms with van der Waals surface area (Å²) in [5, 5.41) is 3.03. The zero-order chi connectivity index (χ0) is 15.4. The fourth-order valence-electron chi connectivity index (χ4n) is 2.97. The SMILES string of the molecule is O=C(CCc1ccccc1Br)NCc1ccc2c(c1)CCC2. The average Bonchev–Trinajstić information content (AvgIpc) is 2.99. The fraction of sp³-hybridized carbons (Fsp3) is 0.316. The monoisotopic (exact) mass is 357 g/mol. The van der Waals surface area contributed by atoms with Crippen LogP contribution < -0.4 is 5.32 Å². The van der Waals surface area contributed by atoms with Crippen LogP contribution in [0.3, 0.4) is 0 Å². The Kier molecular flexibility index (Phi) is 4.94. The van der Waals surface area contributed by atoms with E-state index in [2.05, 4.69) is 45.5 Å². The molecular formula is C19H20BrNO. The number of benzene rings is 2. The molecule has 0 saturated heterocycles. The van der Waals surface area contributed by atoms with E-state index in [0.717, 1.165) is 10.9 Å². The van der Waals surface area contributed by atoms with Gasteiger partial charge in [0, 0.05) is 17.4 Å². The summed E-state index contributed by atoms with van der Waals surface area (Å²) < 4.78 is 1.07. The molecule has 0 unspecified atom stereocenters. The lowest BCUT2D eigenvalue weighted by Gasteiger charge is -2.08. The van der Waals surface area contributed by atoms with E-state index in [0.29, 0.717) is 13.0 Å². The van der Waals surface area contributed by atoms with Gasteiger partial charge in [-0.15, -0.1) is 0 Å². The Morgan fingerprint density at radius 2 is 1.91 bits per heavy atom. The van der Waals surface area contributed by atoms with Crippen LogP contribution in [0.2, 0.25) is 0 Å². The Morgan fingerprint density at radius 3 is 2.77 bits per heavy atom. The topological polar surface area (TPSA) is 29.1 Å². The molecule has 0 atom stereocenters. The molecule has 3 rings (SSSR count). The summed E-state index contributed by atoms with van der Waals surface area (Å²) in [7, 11) is 0. The molecule has 2 aromatic rings. The van der Waals surface area contributed by atoms with E-state index in [1.807, 2.05) is 18.2 Å². The van der Waals surface area contributed by atoms with Crippen LogP contribution in [0.25, 0.3) is 0 Å². The summed E-state index contributed by atoms with van der Waals surface area (Å²) in [6.45, 7) is 0.627. The molecule has 2 nitrogen and oxygen atoms in total.